The quantitative estimate of drug-likeness (QED) is 0.310. The molecule has 0 unspecified atom stereocenters. The molecule has 4 nitrogen and oxygen atoms in total. The average Bonchev–Trinajstić information content (AvgIpc) is 2.20. The van der Waals surface area contributed by atoms with E-state index >= 15 is 0 Å². The monoisotopic (exact) mass is 213 g/mol. The molecule has 0 aliphatic rings. The van der Waals surface area contributed by atoms with Crippen LogP contribution in [0.5, 0.6) is 0 Å². The zero-order valence-corrected chi connectivity index (χ0v) is 8.33. The third kappa shape index (κ3) is 3.14. The van der Waals surface area contributed by atoms with Gasteiger partial charge in [-0.3, -0.25) is 0 Å². The molecule has 14 heavy (non-hydrogen) atoms. The molecular weight excluding hydrogens is 202 g/mol. The lowest BCUT2D eigenvalue weighted by atomic mass is 10.3. The molecule has 0 saturated heterocycles. The van der Waals surface area contributed by atoms with E-state index in [4.69, 9.17) is 22.5 Å². The van der Waals surface area contributed by atoms with E-state index in [-0.39, 0.29) is 5.84 Å². The molecule has 1 aromatic rings. The lowest BCUT2D eigenvalue weighted by Crippen LogP contribution is -2.16. The maximum atomic E-state index is 8.30. The van der Waals surface area contributed by atoms with Gasteiger partial charge in [-0.25, -0.2) is 0 Å². The number of halogens is 1. The largest absolute Gasteiger partial charge is 0.409 e. The smallest absolute Gasteiger partial charge is 0.140 e. The second kappa shape index (κ2) is 5.34. The highest BCUT2D eigenvalue weighted by Crippen LogP contribution is 2.19. The van der Waals surface area contributed by atoms with Crippen molar-refractivity contribution in [3.63, 3.8) is 0 Å². The molecule has 0 heterocycles. The fourth-order valence-electron chi connectivity index (χ4n) is 0.980. The topological polar surface area (TPSA) is 70.6 Å². The summed E-state index contributed by atoms with van der Waals surface area (Å²) in [7, 11) is 0. The van der Waals surface area contributed by atoms with Gasteiger partial charge in [0.05, 0.1) is 10.7 Å². The number of hydrogen-bond acceptors (Lipinski definition) is 3. The van der Waals surface area contributed by atoms with Crippen LogP contribution in [-0.2, 0) is 0 Å². The zero-order chi connectivity index (χ0) is 10.4. The number of anilines is 1. The Morgan fingerprint density at radius 1 is 1.50 bits per heavy atom. The van der Waals surface area contributed by atoms with E-state index in [9.17, 15) is 0 Å². The molecule has 0 fully saturated rings. The summed E-state index contributed by atoms with van der Waals surface area (Å²) in [6.07, 6.45) is 0.474. The molecule has 0 saturated carbocycles. The summed E-state index contributed by atoms with van der Waals surface area (Å²) in [6.45, 7) is 0.583. The van der Waals surface area contributed by atoms with Gasteiger partial charge >= 0.3 is 0 Å². The first-order valence-electron chi connectivity index (χ1n) is 4.19. The SMILES string of the molecule is NC(CCNc1ccccc1Cl)=NO. The van der Waals surface area contributed by atoms with Gasteiger partial charge in [0.25, 0.3) is 0 Å². The van der Waals surface area contributed by atoms with Crippen molar-refractivity contribution in [2.24, 2.45) is 10.9 Å². The van der Waals surface area contributed by atoms with Crippen LogP contribution in [0.4, 0.5) is 5.69 Å². The second-order valence-corrected chi connectivity index (χ2v) is 3.16. The third-order valence-electron chi connectivity index (χ3n) is 1.70. The summed E-state index contributed by atoms with van der Waals surface area (Å²) in [5.41, 5.74) is 6.15. The molecule has 0 amide bonds. The molecule has 0 radical (unpaired) electrons. The second-order valence-electron chi connectivity index (χ2n) is 2.75. The Labute approximate surface area is 87.4 Å². The van der Waals surface area contributed by atoms with Crippen molar-refractivity contribution < 1.29 is 5.21 Å². The Morgan fingerprint density at radius 3 is 2.86 bits per heavy atom. The van der Waals surface area contributed by atoms with Crippen LogP contribution < -0.4 is 11.1 Å². The van der Waals surface area contributed by atoms with Gasteiger partial charge in [-0.1, -0.05) is 28.9 Å². The molecule has 0 bridgehead atoms. The summed E-state index contributed by atoms with van der Waals surface area (Å²) < 4.78 is 0. The molecule has 76 valence electrons. The van der Waals surface area contributed by atoms with Gasteiger partial charge in [-0.15, -0.1) is 0 Å². The van der Waals surface area contributed by atoms with E-state index in [1.165, 1.54) is 0 Å². The number of nitrogens with one attached hydrogen (secondary N) is 1. The van der Waals surface area contributed by atoms with Crippen molar-refractivity contribution in [3.8, 4) is 0 Å². The summed E-state index contributed by atoms with van der Waals surface area (Å²) in [5, 5.41) is 14.9. The molecule has 0 spiro atoms. The van der Waals surface area contributed by atoms with Crippen LogP contribution in [-0.4, -0.2) is 17.6 Å². The number of oxime groups is 1. The minimum absolute atomic E-state index is 0.199. The van der Waals surface area contributed by atoms with Crippen molar-refractivity contribution in [1.29, 1.82) is 0 Å². The van der Waals surface area contributed by atoms with E-state index in [1.54, 1.807) is 6.07 Å². The fourth-order valence-corrected chi connectivity index (χ4v) is 1.18. The Morgan fingerprint density at radius 2 is 2.21 bits per heavy atom. The zero-order valence-electron chi connectivity index (χ0n) is 7.57. The number of para-hydroxylation sites is 1. The first-order chi connectivity index (χ1) is 6.74. The van der Waals surface area contributed by atoms with Crippen LogP contribution in [0, 0.1) is 0 Å². The van der Waals surface area contributed by atoms with Gasteiger partial charge in [-0.05, 0) is 12.1 Å². The van der Waals surface area contributed by atoms with Crippen LogP contribution in [0.25, 0.3) is 0 Å². The molecule has 1 rings (SSSR count). The fraction of sp³-hybridized carbons (Fsp3) is 0.222. The van der Waals surface area contributed by atoms with Gasteiger partial charge in [0.2, 0.25) is 0 Å². The molecule has 1 aromatic carbocycles. The predicted molar refractivity (Wildman–Crippen MR) is 58.0 cm³/mol. The van der Waals surface area contributed by atoms with Crippen molar-refractivity contribution in [3.05, 3.63) is 29.3 Å². The molecule has 0 aromatic heterocycles. The number of nitrogens with two attached hydrogens (primary N) is 1. The molecular formula is C9H12ClN3O. The summed E-state index contributed by atoms with van der Waals surface area (Å²) in [5.74, 6) is 0.199. The summed E-state index contributed by atoms with van der Waals surface area (Å²) >= 11 is 5.90. The minimum atomic E-state index is 0.199. The summed E-state index contributed by atoms with van der Waals surface area (Å²) in [4.78, 5) is 0. The molecule has 4 N–H and O–H groups in total. The summed E-state index contributed by atoms with van der Waals surface area (Å²) in [6, 6.07) is 7.41. The highest BCUT2D eigenvalue weighted by molar-refractivity contribution is 6.33. The number of rotatable bonds is 4. The van der Waals surface area contributed by atoms with Crippen molar-refractivity contribution in [1.82, 2.24) is 0 Å². The highest BCUT2D eigenvalue weighted by atomic mass is 35.5. The lowest BCUT2D eigenvalue weighted by molar-refractivity contribution is 0.317. The minimum Gasteiger partial charge on any atom is -0.409 e. The van der Waals surface area contributed by atoms with Crippen LogP contribution in [0.2, 0.25) is 5.02 Å². The molecule has 0 aliphatic carbocycles. The van der Waals surface area contributed by atoms with Gasteiger partial charge in [0.15, 0.2) is 0 Å². The standard InChI is InChI=1S/C9H12ClN3O/c10-7-3-1-2-4-8(7)12-6-5-9(11)13-14/h1-4,12,14H,5-6H2,(H2,11,13). The first-order valence-corrected chi connectivity index (χ1v) is 4.56. The van der Waals surface area contributed by atoms with E-state index in [2.05, 4.69) is 10.5 Å². The number of benzene rings is 1. The van der Waals surface area contributed by atoms with Crippen LogP contribution >= 0.6 is 11.6 Å². The third-order valence-corrected chi connectivity index (χ3v) is 2.03. The molecule has 0 aliphatic heterocycles. The number of amidine groups is 1. The van der Waals surface area contributed by atoms with E-state index in [0.29, 0.717) is 18.0 Å². The highest BCUT2D eigenvalue weighted by Gasteiger charge is 1.97. The van der Waals surface area contributed by atoms with Gasteiger partial charge in [0, 0.05) is 13.0 Å². The number of hydrogen-bond donors (Lipinski definition) is 3. The maximum Gasteiger partial charge on any atom is 0.140 e. The molecule has 0 atom stereocenters. The van der Waals surface area contributed by atoms with E-state index in [1.807, 2.05) is 18.2 Å². The van der Waals surface area contributed by atoms with Gasteiger partial charge in [-0.2, -0.15) is 0 Å². The number of nitrogens with zero attached hydrogens (tertiary/aromatic N) is 1. The van der Waals surface area contributed by atoms with E-state index in [0.717, 1.165) is 5.69 Å². The Balaban J connectivity index is 2.43. The Hall–Kier alpha value is -1.42. The van der Waals surface area contributed by atoms with Crippen LogP contribution in [0.1, 0.15) is 6.42 Å². The van der Waals surface area contributed by atoms with Crippen molar-refractivity contribution >= 4 is 23.1 Å². The van der Waals surface area contributed by atoms with E-state index < -0.39 is 0 Å². The first kappa shape index (κ1) is 10.7. The average molecular weight is 214 g/mol. The normalized spacial score (nSPS) is 11.4. The Kier molecular flexibility index (Phi) is 4.07. The van der Waals surface area contributed by atoms with Crippen molar-refractivity contribution in [2.75, 3.05) is 11.9 Å². The Bertz CT molecular complexity index is 328. The van der Waals surface area contributed by atoms with Crippen LogP contribution in [0.3, 0.4) is 0 Å². The van der Waals surface area contributed by atoms with Crippen LogP contribution in [0.15, 0.2) is 29.4 Å². The lowest BCUT2D eigenvalue weighted by Gasteiger charge is -2.06. The van der Waals surface area contributed by atoms with Gasteiger partial charge in [0.1, 0.15) is 5.84 Å². The molecule has 5 heteroatoms. The predicted octanol–water partition coefficient (Wildman–Crippen LogP) is 1.89. The van der Waals surface area contributed by atoms with Crippen molar-refractivity contribution in [2.45, 2.75) is 6.42 Å². The maximum absolute atomic E-state index is 8.30. The van der Waals surface area contributed by atoms with Gasteiger partial charge < -0.3 is 16.3 Å².